The van der Waals surface area contributed by atoms with Crippen LogP contribution in [0.2, 0.25) is 0 Å². The highest BCUT2D eigenvalue weighted by molar-refractivity contribution is 7.98. The first kappa shape index (κ1) is 26.6. The molecule has 12 nitrogen and oxygen atoms in total. The van der Waals surface area contributed by atoms with Crippen molar-refractivity contribution < 1.29 is 39.3 Å². The Labute approximate surface area is 172 Å². The summed E-state index contributed by atoms with van der Waals surface area (Å²) in [6.45, 7) is 0.547. The van der Waals surface area contributed by atoms with Crippen LogP contribution in [0.4, 0.5) is 0 Å². The fourth-order valence-corrected chi connectivity index (χ4v) is 2.60. The van der Waals surface area contributed by atoms with E-state index in [4.69, 9.17) is 15.9 Å². The Morgan fingerprint density at radius 2 is 1.59 bits per heavy atom. The lowest BCUT2D eigenvalue weighted by Crippen LogP contribution is -2.58. The molecule has 0 saturated heterocycles. The second-order valence-electron chi connectivity index (χ2n) is 6.22. The fraction of sp³-hybridized carbons (Fsp3) is 0.688. The first-order valence-electron chi connectivity index (χ1n) is 8.74. The van der Waals surface area contributed by atoms with Crippen molar-refractivity contribution in [2.75, 3.05) is 18.6 Å². The van der Waals surface area contributed by atoms with E-state index in [1.54, 1.807) is 6.26 Å². The number of nitrogens with one attached hydrogen (secondary N) is 3. The molecule has 3 amide bonds. The maximum atomic E-state index is 12.6. The zero-order chi connectivity index (χ0) is 22.6. The normalized spacial score (nSPS) is 14.8. The van der Waals surface area contributed by atoms with E-state index in [0.717, 1.165) is 0 Å². The van der Waals surface area contributed by atoms with E-state index >= 15 is 0 Å². The Morgan fingerprint density at radius 3 is 2.07 bits per heavy atom. The van der Waals surface area contributed by atoms with Crippen LogP contribution in [0, 0.1) is 0 Å². The molecular weight excluding hydrogens is 408 g/mol. The van der Waals surface area contributed by atoms with Gasteiger partial charge in [0.05, 0.1) is 12.1 Å². The lowest BCUT2D eigenvalue weighted by molar-refractivity contribution is -0.139. The van der Waals surface area contributed by atoms with Crippen molar-refractivity contribution >= 4 is 41.4 Å². The van der Waals surface area contributed by atoms with Crippen LogP contribution in [0.1, 0.15) is 26.2 Å². The quantitative estimate of drug-likeness (QED) is 0.152. The van der Waals surface area contributed by atoms with Crippen LogP contribution in [-0.4, -0.2) is 87.8 Å². The second kappa shape index (κ2) is 13.7. The molecule has 0 spiro atoms. The summed E-state index contributed by atoms with van der Waals surface area (Å²) in [6.07, 6.45) is 0.208. The maximum absolute atomic E-state index is 12.6. The van der Waals surface area contributed by atoms with Crippen molar-refractivity contribution in [3.05, 3.63) is 0 Å². The number of nitrogens with two attached hydrogens (primary N) is 1. The Bertz CT molecular complexity index is 601. The molecule has 29 heavy (non-hydrogen) atoms. The van der Waals surface area contributed by atoms with E-state index in [1.165, 1.54) is 18.7 Å². The van der Waals surface area contributed by atoms with E-state index in [0.29, 0.717) is 5.75 Å². The Hall–Kier alpha value is -2.38. The van der Waals surface area contributed by atoms with Gasteiger partial charge in [-0.05, 0) is 31.8 Å². The molecule has 0 saturated carbocycles. The molecule has 0 radical (unpaired) electrons. The summed E-state index contributed by atoms with van der Waals surface area (Å²) in [6, 6.07) is -3.65. The minimum atomic E-state index is -1.43. The number of thioether (sulfide) groups is 1. The highest BCUT2D eigenvalue weighted by Crippen LogP contribution is 2.04. The molecule has 166 valence electrons. The van der Waals surface area contributed by atoms with Crippen molar-refractivity contribution in [3.8, 4) is 0 Å². The minimum absolute atomic E-state index is 0.119. The zero-order valence-corrected chi connectivity index (χ0v) is 17.0. The largest absolute Gasteiger partial charge is 0.481 e. The van der Waals surface area contributed by atoms with Gasteiger partial charge in [0.1, 0.15) is 18.6 Å². The number of rotatable bonds is 14. The summed E-state index contributed by atoms with van der Waals surface area (Å²) in [5.74, 6) is -4.33. The standard InChI is InChI=1S/C16H28N4O8S/c1-8(21)13(16(28)18-7-12(24)25)20-15(27)10(5-6-29-2)19-14(26)9(17)3-4-11(22)23/h8-10,13,21H,3-7,17H2,1-2H3,(H,18,28)(H,19,26)(H,20,27)(H,22,23)(H,24,25). The van der Waals surface area contributed by atoms with E-state index in [2.05, 4.69) is 16.0 Å². The van der Waals surface area contributed by atoms with Gasteiger partial charge < -0.3 is 37.0 Å². The highest BCUT2D eigenvalue weighted by Gasteiger charge is 2.30. The summed E-state index contributed by atoms with van der Waals surface area (Å²) in [7, 11) is 0. The van der Waals surface area contributed by atoms with Gasteiger partial charge in [-0.1, -0.05) is 0 Å². The third-order valence-corrected chi connectivity index (χ3v) is 4.37. The average Bonchev–Trinajstić information content (AvgIpc) is 2.64. The third-order valence-electron chi connectivity index (χ3n) is 3.73. The monoisotopic (exact) mass is 436 g/mol. The number of carbonyl (C=O) groups is 5. The Balaban J connectivity index is 5.10. The smallest absolute Gasteiger partial charge is 0.322 e. The van der Waals surface area contributed by atoms with Gasteiger partial charge in [0.15, 0.2) is 0 Å². The molecule has 0 bridgehead atoms. The number of carbonyl (C=O) groups excluding carboxylic acids is 3. The highest BCUT2D eigenvalue weighted by atomic mass is 32.2. The molecule has 4 atom stereocenters. The molecule has 0 rings (SSSR count). The predicted octanol–water partition coefficient (Wildman–Crippen LogP) is -2.52. The van der Waals surface area contributed by atoms with Crippen molar-refractivity contribution in [1.29, 1.82) is 0 Å². The van der Waals surface area contributed by atoms with Crippen LogP contribution in [-0.2, 0) is 24.0 Å². The van der Waals surface area contributed by atoms with Gasteiger partial charge in [0, 0.05) is 6.42 Å². The third kappa shape index (κ3) is 11.3. The topological polar surface area (TPSA) is 208 Å². The molecule has 0 aliphatic heterocycles. The van der Waals surface area contributed by atoms with Crippen LogP contribution in [0.3, 0.4) is 0 Å². The molecular formula is C16H28N4O8S. The summed E-state index contributed by atoms with van der Waals surface area (Å²) in [5, 5.41) is 33.8. The van der Waals surface area contributed by atoms with Crippen LogP contribution >= 0.6 is 11.8 Å². The van der Waals surface area contributed by atoms with E-state index < -0.39 is 60.4 Å². The van der Waals surface area contributed by atoms with Crippen molar-refractivity contribution in [2.45, 2.75) is 50.4 Å². The van der Waals surface area contributed by atoms with Crippen LogP contribution in [0.15, 0.2) is 0 Å². The molecule has 0 aromatic rings. The van der Waals surface area contributed by atoms with Gasteiger partial charge in [0.25, 0.3) is 0 Å². The van der Waals surface area contributed by atoms with Crippen molar-refractivity contribution in [2.24, 2.45) is 5.73 Å². The number of hydrogen-bond acceptors (Lipinski definition) is 8. The van der Waals surface area contributed by atoms with Gasteiger partial charge in [-0.25, -0.2) is 0 Å². The predicted molar refractivity (Wildman–Crippen MR) is 104 cm³/mol. The second-order valence-corrected chi connectivity index (χ2v) is 7.21. The molecule has 0 aliphatic rings. The summed E-state index contributed by atoms with van der Waals surface area (Å²) < 4.78 is 0. The number of carboxylic acid groups (broad SMARTS) is 2. The Kier molecular flexibility index (Phi) is 12.6. The van der Waals surface area contributed by atoms with Gasteiger partial charge in [-0.15, -0.1) is 0 Å². The molecule has 0 heterocycles. The number of aliphatic hydroxyl groups excluding tert-OH is 1. The maximum Gasteiger partial charge on any atom is 0.322 e. The fourth-order valence-electron chi connectivity index (χ4n) is 2.13. The van der Waals surface area contributed by atoms with Crippen molar-refractivity contribution in [1.82, 2.24) is 16.0 Å². The van der Waals surface area contributed by atoms with E-state index in [9.17, 15) is 29.1 Å². The minimum Gasteiger partial charge on any atom is -0.481 e. The van der Waals surface area contributed by atoms with Crippen LogP contribution in [0.25, 0.3) is 0 Å². The lowest BCUT2D eigenvalue weighted by Gasteiger charge is -2.25. The lowest BCUT2D eigenvalue weighted by atomic mass is 10.1. The molecule has 13 heteroatoms. The SMILES string of the molecule is CSCCC(NC(=O)C(N)CCC(=O)O)C(=O)NC(C(=O)NCC(=O)O)C(C)O. The van der Waals surface area contributed by atoms with Gasteiger partial charge >= 0.3 is 11.9 Å². The summed E-state index contributed by atoms with van der Waals surface area (Å²) >= 11 is 1.41. The summed E-state index contributed by atoms with van der Waals surface area (Å²) in [4.78, 5) is 57.9. The van der Waals surface area contributed by atoms with Gasteiger partial charge in [-0.3, -0.25) is 24.0 Å². The molecule has 8 N–H and O–H groups in total. The van der Waals surface area contributed by atoms with Gasteiger partial charge in [0.2, 0.25) is 17.7 Å². The van der Waals surface area contributed by atoms with Crippen molar-refractivity contribution in [3.63, 3.8) is 0 Å². The first-order valence-corrected chi connectivity index (χ1v) is 10.1. The molecule has 0 aromatic heterocycles. The van der Waals surface area contributed by atoms with E-state index in [-0.39, 0.29) is 19.3 Å². The zero-order valence-electron chi connectivity index (χ0n) is 16.2. The average molecular weight is 436 g/mol. The van der Waals surface area contributed by atoms with Crippen LogP contribution < -0.4 is 21.7 Å². The molecule has 4 unspecified atom stereocenters. The first-order chi connectivity index (χ1) is 13.5. The molecule has 0 fully saturated rings. The number of amides is 3. The molecule has 0 aliphatic carbocycles. The number of carboxylic acids is 2. The number of aliphatic carboxylic acids is 2. The van der Waals surface area contributed by atoms with E-state index in [1.807, 2.05) is 0 Å². The Morgan fingerprint density at radius 1 is 0.966 bits per heavy atom. The van der Waals surface area contributed by atoms with Gasteiger partial charge in [-0.2, -0.15) is 11.8 Å². The summed E-state index contributed by atoms with van der Waals surface area (Å²) in [5.41, 5.74) is 5.64. The number of aliphatic hydroxyl groups is 1. The number of hydrogen-bond donors (Lipinski definition) is 7. The molecule has 0 aromatic carbocycles. The van der Waals surface area contributed by atoms with Crippen LogP contribution in [0.5, 0.6) is 0 Å².